The highest BCUT2D eigenvalue weighted by molar-refractivity contribution is 4.90. The van der Waals surface area contributed by atoms with Gasteiger partial charge in [-0.1, -0.05) is 13.8 Å². The summed E-state index contributed by atoms with van der Waals surface area (Å²) in [6.45, 7) is 7.05. The Labute approximate surface area is 106 Å². The molecule has 17 heavy (non-hydrogen) atoms. The van der Waals surface area contributed by atoms with Crippen molar-refractivity contribution in [3.8, 4) is 6.07 Å². The van der Waals surface area contributed by atoms with E-state index in [9.17, 15) is 0 Å². The molecule has 0 aromatic carbocycles. The molecule has 0 radical (unpaired) electrons. The largest absolute Gasteiger partial charge is 0.300 e. The minimum absolute atomic E-state index is 0.332. The summed E-state index contributed by atoms with van der Waals surface area (Å²) < 4.78 is 0. The average molecular weight is 234 g/mol. The summed E-state index contributed by atoms with van der Waals surface area (Å²) in [5.74, 6) is 2.15. The molecule has 0 N–H and O–H groups in total. The monoisotopic (exact) mass is 234 g/mol. The summed E-state index contributed by atoms with van der Waals surface area (Å²) in [6.07, 6.45) is 7.81. The second-order valence-electron chi connectivity index (χ2n) is 6.25. The van der Waals surface area contributed by atoms with E-state index in [1.807, 2.05) is 0 Å². The Morgan fingerprint density at radius 2 is 1.59 bits per heavy atom. The summed E-state index contributed by atoms with van der Waals surface area (Å²) in [4.78, 5) is 2.66. The lowest BCUT2D eigenvalue weighted by Gasteiger charge is -2.40. The third-order valence-corrected chi connectivity index (χ3v) is 4.91. The molecule has 2 rings (SSSR count). The van der Waals surface area contributed by atoms with E-state index in [1.54, 1.807) is 0 Å². The van der Waals surface area contributed by atoms with E-state index in [2.05, 4.69) is 24.8 Å². The van der Waals surface area contributed by atoms with Crippen molar-refractivity contribution in [3.05, 3.63) is 0 Å². The van der Waals surface area contributed by atoms with Gasteiger partial charge >= 0.3 is 0 Å². The van der Waals surface area contributed by atoms with E-state index in [0.29, 0.717) is 5.92 Å². The molecular weight excluding hydrogens is 208 g/mol. The number of nitriles is 1. The number of piperidine rings is 1. The number of rotatable bonds is 2. The Bertz CT molecular complexity index is 263. The maximum atomic E-state index is 8.91. The quantitative estimate of drug-likeness (QED) is 0.732. The van der Waals surface area contributed by atoms with E-state index >= 15 is 0 Å². The van der Waals surface area contributed by atoms with Crippen LogP contribution >= 0.6 is 0 Å². The molecular formula is C15H26N2. The molecule has 0 spiro atoms. The number of hydrogen-bond donors (Lipinski definition) is 0. The minimum Gasteiger partial charge on any atom is -0.300 e. The van der Waals surface area contributed by atoms with E-state index < -0.39 is 0 Å². The first kappa shape index (κ1) is 12.9. The van der Waals surface area contributed by atoms with Gasteiger partial charge in [0.05, 0.1) is 6.07 Å². The van der Waals surface area contributed by atoms with Gasteiger partial charge in [-0.05, 0) is 63.5 Å². The molecule has 1 aliphatic heterocycles. The molecule has 0 aromatic rings. The first-order valence-corrected chi connectivity index (χ1v) is 7.34. The Kier molecular flexibility index (Phi) is 4.45. The van der Waals surface area contributed by atoms with Gasteiger partial charge in [0, 0.05) is 12.0 Å². The molecule has 0 amide bonds. The van der Waals surface area contributed by atoms with Gasteiger partial charge in [0.15, 0.2) is 0 Å². The van der Waals surface area contributed by atoms with Gasteiger partial charge in [-0.25, -0.2) is 0 Å². The van der Waals surface area contributed by atoms with Crippen LogP contribution in [0.3, 0.4) is 0 Å². The maximum absolute atomic E-state index is 8.91. The lowest BCUT2D eigenvalue weighted by Crippen LogP contribution is -2.43. The van der Waals surface area contributed by atoms with Gasteiger partial charge in [-0.2, -0.15) is 5.26 Å². The smallest absolute Gasteiger partial charge is 0.0656 e. The summed E-state index contributed by atoms with van der Waals surface area (Å²) in [5.41, 5.74) is 0. The Morgan fingerprint density at radius 1 is 1.00 bits per heavy atom. The Morgan fingerprint density at radius 3 is 2.06 bits per heavy atom. The summed E-state index contributed by atoms with van der Waals surface area (Å²) in [5, 5.41) is 8.91. The van der Waals surface area contributed by atoms with Crippen LogP contribution in [0.5, 0.6) is 0 Å². The zero-order chi connectivity index (χ0) is 12.3. The van der Waals surface area contributed by atoms with Crippen LogP contribution in [0.4, 0.5) is 0 Å². The molecule has 1 aliphatic carbocycles. The highest BCUT2D eigenvalue weighted by Gasteiger charge is 2.29. The zero-order valence-electron chi connectivity index (χ0n) is 11.4. The first-order valence-electron chi connectivity index (χ1n) is 7.34. The van der Waals surface area contributed by atoms with Crippen LogP contribution in [-0.4, -0.2) is 24.0 Å². The molecule has 2 heteroatoms. The van der Waals surface area contributed by atoms with E-state index in [1.165, 1.54) is 25.7 Å². The van der Waals surface area contributed by atoms with Gasteiger partial charge in [0.2, 0.25) is 0 Å². The molecule has 0 aromatic heterocycles. The molecule has 1 saturated heterocycles. The fraction of sp³-hybridized carbons (Fsp3) is 0.933. The van der Waals surface area contributed by atoms with E-state index in [4.69, 9.17) is 5.26 Å². The molecule has 96 valence electrons. The minimum atomic E-state index is 0.332. The molecule has 2 nitrogen and oxygen atoms in total. The Hall–Kier alpha value is -0.550. The van der Waals surface area contributed by atoms with Crippen molar-refractivity contribution in [2.24, 2.45) is 17.8 Å². The van der Waals surface area contributed by atoms with E-state index in [-0.39, 0.29) is 0 Å². The molecule has 1 saturated carbocycles. The van der Waals surface area contributed by atoms with Crippen molar-refractivity contribution in [3.63, 3.8) is 0 Å². The van der Waals surface area contributed by atoms with Crippen LogP contribution in [0, 0.1) is 29.1 Å². The van der Waals surface area contributed by atoms with Crippen LogP contribution in [0.2, 0.25) is 0 Å². The lowest BCUT2D eigenvalue weighted by molar-refractivity contribution is 0.0953. The molecule has 0 atom stereocenters. The van der Waals surface area contributed by atoms with Crippen molar-refractivity contribution < 1.29 is 0 Å². The molecule has 2 aliphatic rings. The maximum Gasteiger partial charge on any atom is 0.0656 e. The van der Waals surface area contributed by atoms with Crippen molar-refractivity contribution in [1.29, 1.82) is 5.26 Å². The summed E-state index contributed by atoms with van der Waals surface area (Å²) in [7, 11) is 0. The first-order chi connectivity index (χ1) is 8.20. The van der Waals surface area contributed by atoms with Crippen molar-refractivity contribution in [1.82, 2.24) is 4.90 Å². The third kappa shape index (κ3) is 3.22. The summed E-state index contributed by atoms with van der Waals surface area (Å²) >= 11 is 0. The highest BCUT2D eigenvalue weighted by atomic mass is 15.2. The number of hydrogen-bond acceptors (Lipinski definition) is 2. The molecule has 0 bridgehead atoms. The second kappa shape index (κ2) is 5.87. The lowest BCUT2D eigenvalue weighted by atomic mass is 9.79. The van der Waals surface area contributed by atoms with Gasteiger partial charge in [-0.3, -0.25) is 0 Å². The second-order valence-corrected chi connectivity index (χ2v) is 6.25. The highest BCUT2D eigenvalue weighted by Crippen LogP contribution is 2.33. The van der Waals surface area contributed by atoms with Crippen molar-refractivity contribution >= 4 is 0 Å². The van der Waals surface area contributed by atoms with Gasteiger partial charge in [0.25, 0.3) is 0 Å². The normalized spacial score (nSPS) is 32.6. The topological polar surface area (TPSA) is 27.0 Å². The van der Waals surface area contributed by atoms with Crippen molar-refractivity contribution in [2.75, 3.05) is 13.1 Å². The van der Waals surface area contributed by atoms with Crippen LogP contribution in [0.15, 0.2) is 0 Å². The van der Waals surface area contributed by atoms with Crippen LogP contribution in [-0.2, 0) is 0 Å². The molecule has 0 unspecified atom stereocenters. The van der Waals surface area contributed by atoms with Crippen LogP contribution in [0.1, 0.15) is 52.4 Å². The molecule has 1 heterocycles. The Balaban J connectivity index is 1.76. The predicted molar refractivity (Wildman–Crippen MR) is 70.5 cm³/mol. The predicted octanol–water partition coefficient (Wildman–Crippen LogP) is 3.44. The number of nitrogens with zero attached hydrogens (tertiary/aromatic N) is 2. The van der Waals surface area contributed by atoms with Crippen LogP contribution in [0.25, 0.3) is 0 Å². The van der Waals surface area contributed by atoms with E-state index in [0.717, 1.165) is 43.8 Å². The summed E-state index contributed by atoms with van der Waals surface area (Å²) in [6, 6.07) is 3.25. The van der Waals surface area contributed by atoms with Gasteiger partial charge in [0.1, 0.15) is 0 Å². The van der Waals surface area contributed by atoms with Gasteiger partial charge < -0.3 is 4.90 Å². The zero-order valence-corrected chi connectivity index (χ0v) is 11.4. The fourth-order valence-electron chi connectivity index (χ4n) is 3.53. The average Bonchev–Trinajstić information content (AvgIpc) is 2.39. The molecule has 2 fully saturated rings. The van der Waals surface area contributed by atoms with Crippen molar-refractivity contribution in [2.45, 2.75) is 58.4 Å². The standard InChI is InChI=1S/C15H26N2/c1-12(2)14-3-5-15(6-4-14)17-9-7-13(11-16)8-10-17/h12-15H,3-10H2,1-2H3/t14-,15+. The van der Waals surface area contributed by atoms with Gasteiger partial charge in [-0.15, -0.1) is 0 Å². The third-order valence-electron chi connectivity index (χ3n) is 4.91. The van der Waals surface area contributed by atoms with Crippen LogP contribution < -0.4 is 0 Å². The SMILES string of the molecule is CC(C)[C@H]1CC[C@@H](N2CCC(C#N)CC2)CC1. The fourth-order valence-corrected chi connectivity index (χ4v) is 3.53. The number of likely N-dealkylation sites (tertiary alicyclic amines) is 1.